The number of rotatable bonds is 2. The summed E-state index contributed by atoms with van der Waals surface area (Å²) in [6.07, 6.45) is 5.09. The third-order valence-corrected chi connectivity index (χ3v) is 4.91. The molecule has 0 radical (unpaired) electrons. The number of nitrogens with one attached hydrogen (secondary N) is 1. The topological polar surface area (TPSA) is 75.7 Å². The predicted octanol–water partition coefficient (Wildman–Crippen LogP) is 4.27. The van der Waals surface area contributed by atoms with Crippen molar-refractivity contribution in [2.24, 2.45) is 0 Å². The Hall–Kier alpha value is -2.19. The summed E-state index contributed by atoms with van der Waals surface area (Å²) in [6, 6.07) is 3.78. The summed E-state index contributed by atoms with van der Waals surface area (Å²) in [5, 5.41) is 7.12. The van der Waals surface area contributed by atoms with Gasteiger partial charge in [0.25, 0.3) is 5.91 Å². The lowest BCUT2D eigenvalue weighted by Gasteiger charge is -2.32. The Kier molecular flexibility index (Phi) is 8.40. The normalized spacial score (nSPS) is 15.1. The first-order valence-electron chi connectivity index (χ1n) is 10.00. The summed E-state index contributed by atoms with van der Waals surface area (Å²) in [4.78, 5) is 19.1. The van der Waals surface area contributed by atoms with Crippen LogP contribution in [0.15, 0.2) is 33.4 Å². The first-order chi connectivity index (χ1) is 14.0. The van der Waals surface area contributed by atoms with E-state index in [1.54, 1.807) is 23.0 Å². The minimum Gasteiger partial charge on any atom is -0.466 e. The van der Waals surface area contributed by atoms with E-state index in [-0.39, 0.29) is 11.9 Å². The lowest BCUT2D eigenvalue weighted by Crippen LogP contribution is -2.38. The number of hydrogen-bond acceptors (Lipinski definition) is 5. The van der Waals surface area contributed by atoms with E-state index < -0.39 is 0 Å². The molecule has 29 heavy (non-hydrogen) atoms. The van der Waals surface area contributed by atoms with Gasteiger partial charge in [0, 0.05) is 43.4 Å². The van der Waals surface area contributed by atoms with Crippen molar-refractivity contribution in [3.63, 3.8) is 0 Å². The van der Waals surface area contributed by atoms with E-state index in [0.717, 1.165) is 34.4 Å². The summed E-state index contributed by atoms with van der Waals surface area (Å²) >= 11 is 3.36. The first-order valence-corrected chi connectivity index (χ1v) is 10.8. The second-order valence-electron chi connectivity index (χ2n) is 6.47. The molecule has 1 amide bonds. The number of carbonyl (C=O) groups is 1. The molecule has 1 atom stereocenters. The van der Waals surface area contributed by atoms with Crippen molar-refractivity contribution in [2.45, 2.75) is 46.6 Å². The largest absolute Gasteiger partial charge is 0.466 e. The highest BCUT2D eigenvalue weighted by Gasteiger charge is 2.32. The van der Waals surface area contributed by atoms with Gasteiger partial charge in [-0.3, -0.25) is 4.79 Å². The Morgan fingerprint density at radius 2 is 2.03 bits per heavy atom. The predicted molar refractivity (Wildman–Crippen MR) is 118 cm³/mol. The van der Waals surface area contributed by atoms with Gasteiger partial charge in [-0.25, -0.2) is 9.50 Å². The van der Waals surface area contributed by atoms with Gasteiger partial charge in [0.2, 0.25) is 0 Å². The van der Waals surface area contributed by atoms with Crippen LogP contribution in [0.2, 0.25) is 0 Å². The van der Waals surface area contributed by atoms with Gasteiger partial charge >= 0.3 is 0 Å². The monoisotopic (exact) mass is 463 g/mol. The molecule has 0 fully saturated rings. The molecule has 0 saturated carbocycles. The van der Waals surface area contributed by atoms with Gasteiger partial charge in [-0.05, 0) is 43.0 Å². The fourth-order valence-corrected chi connectivity index (χ4v) is 3.49. The standard InChI is InChI=1S/C17H17BrN4O2.C2H7N.C2H6/c1-3-12-6-13-10(2)21(5-4-15(13)24-12)17(23)14-7-16-19-8-11(18)9-22(16)20-14;1-3-2;1-2/h6-10H,3-5H2,1-2H3;3H,1-2H3;1-2H3. The van der Waals surface area contributed by atoms with Gasteiger partial charge in [-0.15, -0.1) is 0 Å². The van der Waals surface area contributed by atoms with Crippen LogP contribution in [0.4, 0.5) is 0 Å². The Morgan fingerprint density at radius 3 is 2.69 bits per heavy atom. The highest BCUT2D eigenvalue weighted by atomic mass is 79.9. The number of halogens is 1. The van der Waals surface area contributed by atoms with Crippen LogP contribution >= 0.6 is 15.9 Å². The zero-order chi connectivity index (χ0) is 21.6. The molecule has 4 rings (SSSR count). The number of carbonyl (C=O) groups excluding carboxylic acids is 1. The van der Waals surface area contributed by atoms with Crippen LogP contribution in [-0.2, 0) is 12.8 Å². The van der Waals surface area contributed by atoms with Crippen LogP contribution in [0.3, 0.4) is 0 Å². The molecule has 7 nitrogen and oxygen atoms in total. The number of hydrogen-bond donors (Lipinski definition) is 1. The highest BCUT2D eigenvalue weighted by molar-refractivity contribution is 9.10. The fraction of sp³-hybridized carbons (Fsp3) is 0.476. The molecule has 0 saturated heterocycles. The van der Waals surface area contributed by atoms with Crippen LogP contribution in [0.25, 0.3) is 5.65 Å². The lowest BCUT2D eigenvalue weighted by atomic mass is 10.00. The number of aromatic nitrogens is 3. The summed E-state index contributed by atoms with van der Waals surface area (Å²) < 4.78 is 8.28. The van der Waals surface area contributed by atoms with Gasteiger partial charge in [-0.1, -0.05) is 20.8 Å². The molecule has 158 valence electrons. The molecular formula is C21H30BrN5O2. The van der Waals surface area contributed by atoms with Crippen molar-refractivity contribution in [2.75, 3.05) is 20.6 Å². The minimum absolute atomic E-state index is 0.0187. The van der Waals surface area contributed by atoms with E-state index in [4.69, 9.17) is 4.42 Å². The first kappa shape index (κ1) is 23.1. The van der Waals surface area contributed by atoms with E-state index in [1.807, 2.05) is 39.8 Å². The van der Waals surface area contributed by atoms with Crippen LogP contribution in [-0.4, -0.2) is 46.0 Å². The maximum absolute atomic E-state index is 12.9. The van der Waals surface area contributed by atoms with Gasteiger partial charge in [0.15, 0.2) is 11.3 Å². The summed E-state index contributed by atoms with van der Waals surface area (Å²) in [5.74, 6) is 1.90. The molecule has 1 unspecified atom stereocenters. The average Bonchev–Trinajstić information content (AvgIpc) is 3.34. The molecule has 4 heterocycles. The van der Waals surface area contributed by atoms with E-state index in [2.05, 4.69) is 44.3 Å². The second kappa shape index (κ2) is 10.5. The number of fused-ring (bicyclic) bond motifs is 2. The van der Waals surface area contributed by atoms with Crippen molar-refractivity contribution in [3.05, 3.63) is 51.8 Å². The van der Waals surface area contributed by atoms with Crippen LogP contribution < -0.4 is 5.32 Å². The van der Waals surface area contributed by atoms with Gasteiger partial charge in [0.05, 0.1) is 10.5 Å². The maximum atomic E-state index is 12.9. The second-order valence-corrected chi connectivity index (χ2v) is 7.39. The molecule has 1 aliphatic heterocycles. The van der Waals surface area contributed by atoms with Crippen molar-refractivity contribution in [1.29, 1.82) is 0 Å². The lowest BCUT2D eigenvalue weighted by molar-refractivity contribution is 0.0664. The number of aryl methyl sites for hydroxylation is 1. The quantitative estimate of drug-likeness (QED) is 0.613. The molecule has 3 aromatic rings. The van der Waals surface area contributed by atoms with Crippen molar-refractivity contribution in [3.8, 4) is 0 Å². The van der Waals surface area contributed by atoms with Crippen LogP contribution in [0.5, 0.6) is 0 Å². The number of nitrogens with zero attached hydrogens (tertiary/aromatic N) is 4. The Morgan fingerprint density at radius 1 is 1.34 bits per heavy atom. The van der Waals surface area contributed by atoms with Crippen LogP contribution in [0.1, 0.15) is 61.3 Å². The summed E-state index contributed by atoms with van der Waals surface area (Å²) in [5.41, 5.74) is 2.18. The molecule has 0 aliphatic carbocycles. The molecule has 3 aromatic heterocycles. The molecule has 0 spiro atoms. The molecule has 0 aromatic carbocycles. The summed E-state index contributed by atoms with van der Waals surface area (Å²) in [7, 11) is 3.75. The van der Waals surface area contributed by atoms with Gasteiger partial charge in [-0.2, -0.15) is 5.10 Å². The third-order valence-electron chi connectivity index (χ3n) is 4.50. The van der Waals surface area contributed by atoms with Crippen molar-refractivity contribution < 1.29 is 9.21 Å². The number of amides is 1. The maximum Gasteiger partial charge on any atom is 0.274 e. The van der Waals surface area contributed by atoms with Gasteiger partial charge in [0.1, 0.15) is 11.5 Å². The summed E-state index contributed by atoms with van der Waals surface area (Å²) in [6.45, 7) is 8.74. The zero-order valence-electron chi connectivity index (χ0n) is 18.0. The zero-order valence-corrected chi connectivity index (χ0v) is 19.6. The average molecular weight is 464 g/mol. The fourth-order valence-electron chi connectivity index (χ4n) is 3.19. The number of furan rings is 1. The molecule has 1 N–H and O–H groups in total. The molecule has 8 heteroatoms. The Balaban J connectivity index is 0.000000551. The van der Waals surface area contributed by atoms with Crippen LogP contribution in [0, 0.1) is 0 Å². The van der Waals surface area contributed by atoms with E-state index in [0.29, 0.717) is 17.9 Å². The van der Waals surface area contributed by atoms with Crippen molar-refractivity contribution >= 4 is 27.5 Å². The third kappa shape index (κ3) is 5.05. The van der Waals surface area contributed by atoms with E-state index >= 15 is 0 Å². The minimum atomic E-state index is -0.0750. The highest BCUT2D eigenvalue weighted by Crippen LogP contribution is 2.33. The Bertz CT molecular complexity index is 950. The molecule has 1 aliphatic rings. The van der Waals surface area contributed by atoms with Gasteiger partial charge < -0.3 is 14.6 Å². The Labute approximate surface area is 180 Å². The van der Waals surface area contributed by atoms with Crippen molar-refractivity contribution in [1.82, 2.24) is 24.8 Å². The molecular weight excluding hydrogens is 434 g/mol. The smallest absolute Gasteiger partial charge is 0.274 e. The molecule has 0 bridgehead atoms. The van der Waals surface area contributed by atoms with E-state index in [1.165, 1.54) is 0 Å². The van der Waals surface area contributed by atoms with E-state index in [9.17, 15) is 4.79 Å². The SMILES string of the molecule is CC.CCc1cc2c(o1)CCN(C(=O)c1cc3ncc(Br)cn3n1)C2C.CNC.